The van der Waals surface area contributed by atoms with E-state index in [-0.39, 0.29) is 0 Å². The summed E-state index contributed by atoms with van der Waals surface area (Å²) in [5.41, 5.74) is 7.74. The lowest BCUT2D eigenvalue weighted by Gasteiger charge is -2.19. The number of pyridine rings is 2. The molecule has 0 amide bonds. The van der Waals surface area contributed by atoms with Gasteiger partial charge in [-0.2, -0.15) is 10.5 Å². The fraction of sp³-hybridized carbons (Fsp3) is 0.111. The van der Waals surface area contributed by atoms with Crippen LogP contribution in [0.15, 0.2) is 124 Å². The minimum atomic E-state index is 0.628. The fourth-order valence-electron chi connectivity index (χ4n) is 4.58. The molecule has 0 spiro atoms. The molecule has 0 bridgehead atoms. The first-order valence-corrected chi connectivity index (χ1v) is 19.4. The van der Waals surface area contributed by atoms with Gasteiger partial charge >= 0.3 is 0 Å². The number of benzene rings is 2. The van der Waals surface area contributed by atoms with Crippen LogP contribution in [0.25, 0.3) is 11.1 Å². The van der Waals surface area contributed by atoms with Crippen molar-refractivity contribution in [2.45, 2.75) is 25.4 Å². The molecule has 0 N–H and O–H groups in total. The summed E-state index contributed by atoms with van der Waals surface area (Å²) in [7, 11) is 0. The lowest BCUT2D eigenvalue weighted by molar-refractivity contribution is 1.18. The van der Waals surface area contributed by atoms with Gasteiger partial charge in [0.1, 0.15) is 0 Å². The summed E-state index contributed by atoms with van der Waals surface area (Å²) in [6.07, 6.45) is 3.68. The second-order valence-electron chi connectivity index (χ2n) is 10.0. The molecule has 4 heterocycles. The molecule has 10 heteroatoms. The molecule has 4 aromatic rings. The first-order valence-electron chi connectivity index (χ1n) is 14.2. The number of aromatic nitrogens is 2. The van der Waals surface area contributed by atoms with Crippen LogP contribution in [0.2, 0.25) is 0 Å². The molecule has 2 aliphatic rings. The monoisotopic (exact) mass is 706 g/mol. The summed E-state index contributed by atoms with van der Waals surface area (Å²) in [5.74, 6) is 1.60. The molecule has 226 valence electrons. The van der Waals surface area contributed by atoms with Crippen LogP contribution >= 0.6 is 70.6 Å². The molecule has 6 rings (SSSR count). The highest BCUT2D eigenvalue weighted by Gasteiger charge is 2.30. The van der Waals surface area contributed by atoms with E-state index >= 15 is 0 Å². The summed E-state index contributed by atoms with van der Waals surface area (Å²) in [6, 6.07) is 32.4. The van der Waals surface area contributed by atoms with Crippen molar-refractivity contribution >= 4 is 81.7 Å². The van der Waals surface area contributed by atoms with Crippen LogP contribution in [-0.4, -0.2) is 9.97 Å². The van der Waals surface area contributed by atoms with Crippen molar-refractivity contribution in [2.75, 3.05) is 0 Å². The standard InChI is InChI=1S/C36H26N4S6/c1-23-33(41-21-29-7-3-5-17-39-29)45-35(43-23)31(27-13-9-25(19-37)10-14-27)32(28-15-11-26(20-38)12-16-28)36-44-24(2)34(46-36)42-22-30-8-4-6-18-40-30/h3-18H,21-22H2,1-2H3/b35-31+,36-32+. The highest BCUT2D eigenvalue weighted by molar-refractivity contribution is 8.36. The van der Waals surface area contributed by atoms with Crippen molar-refractivity contribution in [3.8, 4) is 12.1 Å². The molecule has 0 saturated heterocycles. The number of nitrogens with zero attached hydrogens (tertiary/aromatic N) is 4. The van der Waals surface area contributed by atoms with Crippen LogP contribution in [0, 0.1) is 22.7 Å². The third kappa shape index (κ3) is 7.83. The van der Waals surface area contributed by atoms with Crippen molar-refractivity contribution in [3.05, 3.63) is 158 Å². The number of nitriles is 2. The number of rotatable bonds is 9. The van der Waals surface area contributed by atoms with Gasteiger partial charge in [0.15, 0.2) is 0 Å². The van der Waals surface area contributed by atoms with Crippen LogP contribution in [0.4, 0.5) is 0 Å². The Balaban J connectivity index is 1.42. The van der Waals surface area contributed by atoms with Gasteiger partial charge in [-0.1, -0.05) is 83.4 Å². The van der Waals surface area contributed by atoms with E-state index in [2.05, 4.69) is 72.4 Å². The van der Waals surface area contributed by atoms with Crippen LogP contribution in [0.5, 0.6) is 0 Å². The summed E-state index contributed by atoms with van der Waals surface area (Å²) in [5, 5.41) is 19.1. The van der Waals surface area contributed by atoms with Gasteiger partial charge in [0.2, 0.25) is 0 Å². The SMILES string of the molecule is CC1=C(SCc2ccccn2)S/C(=C(/C(=C2\SC(C)=C(SCc3ccccn3)S2)c2ccc(C#N)cc2)c2ccc(C#N)cc2)S1. The van der Waals surface area contributed by atoms with Gasteiger partial charge < -0.3 is 0 Å². The van der Waals surface area contributed by atoms with Crippen LogP contribution < -0.4 is 0 Å². The third-order valence-electron chi connectivity index (χ3n) is 6.86. The van der Waals surface area contributed by atoms with Crippen LogP contribution in [-0.2, 0) is 11.5 Å². The predicted octanol–water partition coefficient (Wildman–Crippen LogP) is 11.5. The zero-order valence-electron chi connectivity index (χ0n) is 24.9. The van der Waals surface area contributed by atoms with E-state index in [0.717, 1.165) is 45.2 Å². The molecule has 2 aromatic heterocycles. The molecule has 0 radical (unpaired) electrons. The van der Waals surface area contributed by atoms with Crippen molar-refractivity contribution in [1.82, 2.24) is 9.97 Å². The average Bonchev–Trinajstić information content (AvgIpc) is 3.66. The van der Waals surface area contributed by atoms with Gasteiger partial charge in [-0.05, 0) is 73.5 Å². The molecular weight excluding hydrogens is 681 g/mol. The van der Waals surface area contributed by atoms with E-state index in [1.807, 2.05) is 108 Å². The number of allylic oxidation sites excluding steroid dienone is 4. The Kier molecular flexibility index (Phi) is 11.1. The van der Waals surface area contributed by atoms with Gasteiger partial charge in [-0.3, -0.25) is 9.97 Å². The van der Waals surface area contributed by atoms with Gasteiger partial charge in [-0.15, -0.1) is 23.5 Å². The molecule has 0 aliphatic carbocycles. The quantitative estimate of drug-likeness (QED) is 0.168. The van der Waals surface area contributed by atoms with Gasteiger partial charge in [-0.25, -0.2) is 0 Å². The molecule has 0 unspecified atom stereocenters. The van der Waals surface area contributed by atoms with Crippen LogP contribution in [0.1, 0.15) is 47.5 Å². The zero-order valence-corrected chi connectivity index (χ0v) is 29.8. The average molecular weight is 707 g/mol. The zero-order chi connectivity index (χ0) is 31.9. The van der Waals surface area contributed by atoms with E-state index in [1.165, 1.54) is 26.8 Å². The smallest absolute Gasteiger partial charge is 0.0991 e. The molecule has 2 aliphatic heterocycles. The lowest BCUT2D eigenvalue weighted by atomic mass is 9.93. The Morgan fingerprint density at radius 3 is 1.35 bits per heavy atom. The Morgan fingerprint density at radius 1 is 0.587 bits per heavy atom. The fourth-order valence-corrected chi connectivity index (χ4v) is 12.8. The maximum absolute atomic E-state index is 9.56. The van der Waals surface area contributed by atoms with E-state index in [1.54, 1.807) is 23.5 Å². The van der Waals surface area contributed by atoms with Crippen LogP contribution in [0.3, 0.4) is 0 Å². The molecule has 0 fully saturated rings. The Hall–Kier alpha value is -3.22. The van der Waals surface area contributed by atoms with E-state index in [4.69, 9.17) is 0 Å². The second kappa shape index (κ2) is 15.6. The second-order valence-corrected chi connectivity index (χ2v) is 17.5. The first kappa shape index (κ1) is 32.7. The van der Waals surface area contributed by atoms with Crippen molar-refractivity contribution in [3.63, 3.8) is 0 Å². The summed E-state index contributed by atoms with van der Waals surface area (Å²) < 4.78 is 4.94. The minimum absolute atomic E-state index is 0.628. The van der Waals surface area contributed by atoms with E-state index in [9.17, 15) is 10.5 Å². The summed E-state index contributed by atoms with van der Waals surface area (Å²) >= 11 is 10.9. The lowest BCUT2D eigenvalue weighted by Crippen LogP contribution is -1.96. The van der Waals surface area contributed by atoms with E-state index in [0.29, 0.717) is 11.1 Å². The summed E-state index contributed by atoms with van der Waals surface area (Å²) in [4.78, 5) is 11.6. The van der Waals surface area contributed by atoms with Crippen molar-refractivity contribution in [2.24, 2.45) is 0 Å². The number of thioether (sulfide) groups is 6. The van der Waals surface area contributed by atoms with Gasteiger partial charge in [0, 0.05) is 44.9 Å². The normalized spacial score (nSPS) is 16.8. The van der Waals surface area contributed by atoms with Crippen molar-refractivity contribution < 1.29 is 0 Å². The van der Waals surface area contributed by atoms with Crippen molar-refractivity contribution in [1.29, 1.82) is 10.5 Å². The molecule has 0 saturated carbocycles. The predicted molar refractivity (Wildman–Crippen MR) is 203 cm³/mol. The number of hydrogen-bond acceptors (Lipinski definition) is 10. The Labute approximate surface area is 295 Å². The number of hydrogen-bond donors (Lipinski definition) is 0. The third-order valence-corrected chi connectivity index (χ3v) is 15.2. The highest BCUT2D eigenvalue weighted by atomic mass is 32.2. The van der Waals surface area contributed by atoms with E-state index < -0.39 is 0 Å². The van der Waals surface area contributed by atoms with Gasteiger partial charge in [0.25, 0.3) is 0 Å². The molecule has 2 aromatic carbocycles. The highest BCUT2D eigenvalue weighted by Crippen LogP contribution is 2.62. The molecule has 4 nitrogen and oxygen atoms in total. The minimum Gasteiger partial charge on any atom is -0.260 e. The molecular formula is C36H26N4S6. The maximum atomic E-state index is 9.56. The molecule has 46 heavy (non-hydrogen) atoms. The van der Waals surface area contributed by atoms with Gasteiger partial charge in [0.05, 0.1) is 51.6 Å². The summed E-state index contributed by atoms with van der Waals surface area (Å²) in [6.45, 7) is 4.38. The maximum Gasteiger partial charge on any atom is 0.0991 e. The largest absolute Gasteiger partial charge is 0.260 e. The topological polar surface area (TPSA) is 73.4 Å². The Bertz CT molecular complexity index is 1810. The molecule has 0 atom stereocenters. The Morgan fingerprint density at radius 2 is 1.00 bits per heavy atom. The first-order chi connectivity index (χ1) is 22.5.